The molecule has 1 aromatic carbocycles. The Labute approximate surface area is 169 Å². The van der Waals surface area contributed by atoms with Crippen LogP contribution in [0, 0.1) is 5.92 Å². The van der Waals surface area contributed by atoms with Crippen molar-refractivity contribution in [1.82, 2.24) is 10.2 Å². The lowest BCUT2D eigenvalue weighted by Gasteiger charge is -2.41. The van der Waals surface area contributed by atoms with Crippen LogP contribution in [0.25, 0.3) is 0 Å². The molecule has 156 valence electrons. The smallest absolute Gasteiger partial charge is 0.318 e. The van der Waals surface area contributed by atoms with Crippen molar-refractivity contribution >= 4 is 27.5 Å². The van der Waals surface area contributed by atoms with Crippen molar-refractivity contribution in [2.24, 2.45) is 5.92 Å². The number of sulfone groups is 1. The first-order valence-electron chi connectivity index (χ1n) is 8.95. The van der Waals surface area contributed by atoms with Gasteiger partial charge in [0.1, 0.15) is 0 Å². The van der Waals surface area contributed by atoms with Crippen LogP contribution in [0.15, 0.2) is 35.7 Å². The fourth-order valence-electron chi connectivity index (χ4n) is 3.29. The van der Waals surface area contributed by atoms with Crippen molar-refractivity contribution in [3.63, 3.8) is 0 Å². The maximum Gasteiger partial charge on any atom is 0.318 e. The third kappa shape index (κ3) is 6.44. The fraction of sp³-hybridized carbons (Fsp3) is 0.526. The van der Waals surface area contributed by atoms with Gasteiger partial charge in [0.2, 0.25) is 5.92 Å². The molecule has 1 fully saturated rings. The summed E-state index contributed by atoms with van der Waals surface area (Å²) in [4.78, 5) is 14.3. The number of piperidine rings is 1. The number of nitrogens with zero attached hydrogens (tertiary/aromatic N) is 1. The highest BCUT2D eigenvalue weighted by Crippen LogP contribution is 2.41. The number of urea groups is 1. The molecule has 0 aliphatic carbocycles. The maximum absolute atomic E-state index is 13.9. The van der Waals surface area contributed by atoms with Gasteiger partial charge < -0.3 is 10.2 Å². The number of likely N-dealkylation sites (tertiary alicyclic amines) is 1. The molecule has 1 aliphatic rings. The number of halogens is 3. The number of alkyl halides is 2. The molecule has 9 heteroatoms. The van der Waals surface area contributed by atoms with Crippen LogP contribution in [-0.4, -0.2) is 44.1 Å². The molecule has 0 saturated carbocycles. The summed E-state index contributed by atoms with van der Waals surface area (Å²) >= 11 is 6.05. The van der Waals surface area contributed by atoms with Crippen LogP contribution in [-0.2, 0) is 9.84 Å². The molecular weight excluding hydrogens is 410 g/mol. The molecule has 0 aromatic heterocycles. The number of hydrogen-bond donors (Lipinski definition) is 1. The van der Waals surface area contributed by atoms with Gasteiger partial charge in [-0.1, -0.05) is 29.8 Å². The highest BCUT2D eigenvalue weighted by molar-refractivity contribution is 7.93. The standard InChI is InChI=1S/C19H25ClF2N2O3S/c1-13(8-10-28(3,26)27)23-18(25)24-9-7-15(19(2,21)22)12-17(24)14-5-4-6-16(20)11-14/h4-6,8,10-11,13,15,17H,7,9,12H2,1-3H3,(H,23,25)/b10-8+/t13-,15-,17+/m0/s1. The van der Waals surface area contributed by atoms with Crippen LogP contribution in [0.1, 0.15) is 38.3 Å². The minimum absolute atomic E-state index is 0.116. The molecule has 2 amide bonds. The zero-order valence-electron chi connectivity index (χ0n) is 16.0. The predicted molar refractivity (Wildman–Crippen MR) is 106 cm³/mol. The average molecular weight is 435 g/mol. The summed E-state index contributed by atoms with van der Waals surface area (Å²) in [5, 5.41) is 4.19. The van der Waals surface area contributed by atoms with E-state index in [2.05, 4.69) is 5.32 Å². The minimum Gasteiger partial charge on any atom is -0.332 e. The number of carbonyl (C=O) groups is 1. The van der Waals surface area contributed by atoms with E-state index in [1.165, 1.54) is 11.0 Å². The summed E-state index contributed by atoms with van der Waals surface area (Å²) < 4.78 is 50.3. The van der Waals surface area contributed by atoms with Gasteiger partial charge >= 0.3 is 6.03 Å². The van der Waals surface area contributed by atoms with E-state index < -0.39 is 39.8 Å². The Bertz CT molecular complexity index is 840. The van der Waals surface area contributed by atoms with E-state index in [1.807, 2.05) is 0 Å². The number of carbonyl (C=O) groups excluding carboxylic acids is 1. The maximum atomic E-state index is 13.9. The molecule has 1 saturated heterocycles. The predicted octanol–water partition coefficient (Wildman–Crippen LogP) is 4.40. The summed E-state index contributed by atoms with van der Waals surface area (Å²) in [6, 6.07) is 5.33. The van der Waals surface area contributed by atoms with Gasteiger partial charge in [0.15, 0.2) is 9.84 Å². The monoisotopic (exact) mass is 434 g/mol. The third-order valence-electron chi connectivity index (χ3n) is 4.78. The molecular formula is C19H25ClF2N2O3S. The Morgan fingerprint density at radius 2 is 2.11 bits per heavy atom. The van der Waals surface area contributed by atoms with Crippen LogP contribution in [0.4, 0.5) is 13.6 Å². The van der Waals surface area contributed by atoms with E-state index in [0.29, 0.717) is 10.6 Å². The lowest BCUT2D eigenvalue weighted by Crippen LogP contribution is -2.50. The van der Waals surface area contributed by atoms with Crippen molar-refractivity contribution in [3.8, 4) is 0 Å². The van der Waals surface area contributed by atoms with Gasteiger partial charge in [-0.25, -0.2) is 22.0 Å². The van der Waals surface area contributed by atoms with E-state index in [-0.39, 0.29) is 19.4 Å². The summed E-state index contributed by atoms with van der Waals surface area (Å²) in [6.45, 7) is 2.71. The zero-order chi connectivity index (χ0) is 21.1. The molecule has 1 aliphatic heterocycles. The van der Waals surface area contributed by atoms with Gasteiger partial charge in [-0.15, -0.1) is 0 Å². The van der Waals surface area contributed by atoms with E-state index in [4.69, 9.17) is 11.6 Å². The van der Waals surface area contributed by atoms with Crippen LogP contribution < -0.4 is 5.32 Å². The van der Waals surface area contributed by atoms with Crippen LogP contribution in [0.5, 0.6) is 0 Å². The SMILES string of the molecule is C[C@@H](/C=C/S(C)(=O)=O)NC(=O)N1CC[C@H](C(C)(F)F)C[C@@H]1c1cccc(Cl)c1. The lowest BCUT2D eigenvalue weighted by atomic mass is 9.84. The fourth-order valence-corrected chi connectivity index (χ4v) is 4.00. The Hall–Kier alpha value is -1.67. The van der Waals surface area contributed by atoms with Crippen molar-refractivity contribution in [3.05, 3.63) is 46.3 Å². The van der Waals surface area contributed by atoms with Gasteiger partial charge in [-0.3, -0.25) is 0 Å². The topological polar surface area (TPSA) is 66.5 Å². The molecule has 0 unspecified atom stereocenters. The number of rotatable bonds is 5. The summed E-state index contributed by atoms with van der Waals surface area (Å²) in [5.41, 5.74) is 0.691. The highest BCUT2D eigenvalue weighted by Gasteiger charge is 2.42. The van der Waals surface area contributed by atoms with E-state index in [9.17, 15) is 22.0 Å². The molecule has 1 heterocycles. The molecule has 1 N–H and O–H groups in total. The molecule has 1 aromatic rings. The average Bonchev–Trinajstić information content (AvgIpc) is 2.58. The Morgan fingerprint density at radius 1 is 1.43 bits per heavy atom. The number of amides is 2. The van der Waals surface area contributed by atoms with Crippen LogP contribution >= 0.6 is 11.6 Å². The molecule has 0 spiro atoms. The minimum atomic E-state index is -3.31. The molecule has 0 bridgehead atoms. The van der Waals surface area contributed by atoms with Crippen molar-refractivity contribution in [2.45, 2.75) is 44.7 Å². The number of benzene rings is 1. The zero-order valence-corrected chi connectivity index (χ0v) is 17.6. The Kier molecular flexibility index (Phi) is 7.09. The largest absolute Gasteiger partial charge is 0.332 e. The van der Waals surface area contributed by atoms with E-state index in [1.54, 1.807) is 31.2 Å². The Balaban J connectivity index is 2.22. The summed E-state index contributed by atoms with van der Waals surface area (Å²) in [6.07, 6.45) is 2.73. The van der Waals surface area contributed by atoms with Gasteiger partial charge in [-0.05, 0) is 44.4 Å². The molecule has 5 nitrogen and oxygen atoms in total. The highest BCUT2D eigenvalue weighted by atomic mass is 35.5. The van der Waals surface area contributed by atoms with Gasteiger partial charge in [0.05, 0.1) is 6.04 Å². The molecule has 2 rings (SSSR count). The van der Waals surface area contributed by atoms with Crippen molar-refractivity contribution < 1.29 is 22.0 Å². The van der Waals surface area contributed by atoms with Crippen molar-refractivity contribution in [2.75, 3.05) is 12.8 Å². The first kappa shape index (κ1) is 22.6. The van der Waals surface area contributed by atoms with Gasteiger partial charge in [-0.2, -0.15) is 0 Å². The number of hydrogen-bond acceptors (Lipinski definition) is 3. The molecule has 0 radical (unpaired) electrons. The van der Waals surface area contributed by atoms with Gasteiger partial charge in [0.25, 0.3) is 0 Å². The summed E-state index contributed by atoms with van der Waals surface area (Å²) in [5.74, 6) is -3.69. The van der Waals surface area contributed by atoms with Crippen LogP contribution in [0.3, 0.4) is 0 Å². The number of nitrogens with one attached hydrogen (secondary N) is 1. The summed E-state index contributed by atoms with van der Waals surface area (Å²) in [7, 11) is -3.31. The van der Waals surface area contributed by atoms with E-state index in [0.717, 1.165) is 18.6 Å². The lowest BCUT2D eigenvalue weighted by molar-refractivity contribution is -0.0686. The third-order valence-corrected chi connectivity index (χ3v) is 5.67. The second-order valence-electron chi connectivity index (χ2n) is 7.34. The second kappa shape index (κ2) is 8.78. The normalized spacial score (nSPS) is 22.3. The molecule has 28 heavy (non-hydrogen) atoms. The first-order chi connectivity index (χ1) is 12.9. The Morgan fingerprint density at radius 3 is 2.68 bits per heavy atom. The van der Waals surface area contributed by atoms with E-state index >= 15 is 0 Å². The quantitative estimate of drug-likeness (QED) is 0.746. The van der Waals surface area contributed by atoms with Crippen molar-refractivity contribution in [1.29, 1.82) is 0 Å². The van der Waals surface area contributed by atoms with Crippen LogP contribution in [0.2, 0.25) is 5.02 Å². The second-order valence-corrected chi connectivity index (χ2v) is 9.71. The first-order valence-corrected chi connectivity index (χ1v) is 11.3. The van der Waals surface area contributed by atoms with Gasteiger partial charge in [0, 0.05) is 35.2 Å². The molecule has 3 atom stereocenters.